The molecule has 0 fully saturated rings. The van der Waals surface area contributed by atoms with Crippen molar-refractivity contribution < 1.29 is 27.4 Å². The predicted octanol–water partition coefficient (Wildman–Crippen LogP) is 4.10. The molecule has 2 N–H and O–H groups in total. The molecule has 0 spiro atoms. The van der Waals surface area contributed by atoms with Gasteiger partial charge in [-0.2, -0.15) is 0 Å². The van der Waals surface area contributed by atoms with E-state index in [9.17, 15) is 13.2 Å². The molecule has 13 heteroatoms. The first-order valence-corrected chi connectivity index (χ1v) is 12.4. The maximum Gasteiger partial charge on any atom is 0.263 e. The van der Waals surface area contributed by atoms with E-state index in [2.05, 4.69) is 19.7 Å². The lowest BCUT2D eigenvalue weighted by Gasteiger charge is -2.16. The molecule has 4 aromatic rings. The molecule has 192 valence electrons. The average molecular weight is 545 g/mol. The van der Waals surface area contributed by atoms with Crippen LogP contribution in [-0.2, 0) is 10.0 Å². The van der Waals surface area contributed by atoms with Crippen LogP contribution in [0.3, 0.4) is 0 Å². The van der Waals surface area contributed by atoms with Gasteiger partial charge in [-0.25, -0.2) is 18.4 Å². The lowest BCUT2D eigenvalue weighted by atomic mass is 10.2. The number of anilines is 1. The Balaban J connectivity index is 1.84. The molecule has 0 aliphatic carbocycles. The number of methoxy groups -OCH3 is 3. The molecule has 0 saturated carbocycles. The number of para-hydroxylation sites is 2. The van der Waals surface area contributed by atoms with Gasteiger partial charge in [0.05, 0.1) is 26.2 Å². The molecular formula is C24H21ClN4O7S. The highest BCUT2D eigenvalue weighted by molar-refractivity contribution is 7.92. The summed E-state index contributed by atoms with van der Waals surface area (Å²) in [5.74, 6) is 0.717. The van der Waals surface area contributed by atoms with Crippen LogP contribution < -0.4 is 29.2 Å². The van der Waals surface area contributed by atoms with Gasteiger partial charge in [0.25, 0.3) is 10.0 Å². The summed E-state index contributed by atoms with van der Waals surface area (Å²) in [7, 11) is 0.0396. The molecule has 0 bridgehead atoms. The molecule has 0 atom stereocenters. The van der Waals surface area contributed by atoms with Crippen LogP contribution in [0, 0.1) is 0 Å². The van der Waals surface area contributed by atoms with E-state index < -0.39 is 15.6 Å². The van der Waals surface area contributed by atoms with Crippen LogP contribution in [-0.4, -0.2) is 44.7 Å². The number of nitrogens with zero attached hydrogens (tertiary/aromatic N) is 2. The molecule has 0 aliphatic heterocycles. The SMILES string of the molecule is COc1ccc(S(=O)(=O)Nc2nc(-c3cc[nH]c(=O)c3)nc(Cl)c2Oc2ccccc2OC)cc1OC. The highest BCUT2D eigenvalue weighted by atomic mass is 35.5. The minimum absolute atomic E-state index is 0.00603. The number of aromatic nitrogens is 3. The predicted molar refractivity (Wildman–Crippen MR) is 137 cm³/mol. The molecule has 2 aromatic carbocycles. The van der Waals surface area contributed by atoms with Gasteiger partial charge in [0.2, 0.25) is 11.3 Å². The Morgan fingerprint density at radius 3 is 2.22 bits per heavy atom. The number of hydrogen-bond acceptors (Lipinski definition) is 9. The molecule has 2 aromatic heterocycles. The molecule has 0 amide bonds. The van der Waals surface area contributed by atoms with Crippen LogP contribution in [0.2, 0.25) is 5.15 Å². The van der Waals surface area contributed by atoms with Crippen molar-refractivity contribution in [3.05, 3.63) is 76.3 Å². The van der Waals surface area contributed by atoms with Gasteiger partial charge < -0.3 is 23.9 Å². The van der Waals surface area contributed by atoms with E-state index in [0.717, 1.165) is 0 Å². The first kappa shape index (κ1) is 25.8. The summed E-state index contributed by atoms with van der Waals surface area (Å²) in [4.78, 5) is 22.7. The van der Waals surface area contributed by atoms with E-state index >= 15 is 0 Å². The molecule has 4 rings (SSSR count). The van der Waals surface area contributed by atoms with E-state index in [1.807, 2.05) is 0 Å². The van der Waals surface area contributed by atoms with Crippen LogP contribution in [0.4, 0.5) is 5.82 Å². The van der Waals surface area contributed by atoms with Crippen LogP contribution in [0.25, 0.3) is 11.4 Å². The Hall–Kier alpha value is -4.29. The van der Waals surface area contributed by atoms with Crippen molar-refractivity contribution in [3.63, 3.8) is 0 Å². The Labute approximate surface area is 217 Å². The van der Waals surface area contributed by atoms with E-state index in [-0.39, 0.29) is 38.9 Å². The Kier molecular flexibility index (Phi) is 7.50. The zero-order chi connectivity index (χ0) is 26.6. The monoisotopic (exact) mass is 544 g/mol. The van der Waals surface area contributed by atoms with Gasteiger partial charge in [-0.05, 0) is 30.3 Å². The summed E-state index contributed by atoms with van der Waals surface area (Å²) in [5.41, 5.74) is -0.0971. The number of sulfonamides is 1. The molecule has 11 nitrogen and oxygen atoms in total. The summed E-state index contributed by atoms with van der Waals surface area (Å²) in [5, 5.41) is -0.207. The van der Waals surface area contributed by atoms with Gasteiger partial charge in [0, 0.05) is 23.9 Å². The minimum atomic E-state index is -4.24. The average Bonchev–Trinajstić information content (AvgIpc) is 2.90. The third kappa shape index (κ3) is 5.60. The number of rotatable bonds is 9. The van der Waals surface area contributed by atoms with Crippen molar-refractivity contribution in [1.29, 1.82) is 0 Å². The van der Waals surface area contributed by atoms with Crippen LogP contribution in [0.5, 0.6) is 28.7 Å². The number of hydrogen-bond donors (Lipinski definition) is 2. The van der Waals surface area contributed by atoms with E-state index in [0.29, 0.717) is 17.1 Å². The van der Waals surface area contributed by atoms with Gasteiger partial charge >= 0.3 is 0 Å². The molecule has 2 heterocycles. The zero-order valence-corrected chi connectivity index (χ0v) is 21.4. The maximum absolute atomic E-state index is 13.4. The smallest absolute Gasteiger partial charge is 0.263 e. The van der Waals surface area contributed by atoms with Crippen molar-refractivity contribution in [2.45, 2.75) is 4.90 Å². The van der Waals surface area contributed by atoms with Gasteiger partial charge in [0.15, 0.2) is 39.8 Å². The highest BCUT2D eigenvalue weighted by Crippen LogP contribution is 2.40. The van der Waals surface area contributed by atoms with Crippen molar-refractivity contribution in [1.82, 2.24) is 15.0 Å². The largest absolute Gasteiger partial charge is 0.493 e. The second-order valence-electron chi connectivity index (χ2n) is 7.33. The lowest BCUT2D eigenvalue weighted by Crippen LogP contribution is -2.16. The number of H-pyrrole nitrogens is 1. The van der Waals surface area contributed by atoms with E-state index in [1.54, 1.807) is 30.3 Å². The quantitative estimate of drug-likeness (QED) is 0.298. The van der Waals surface area contributed by atoms with E-state index in [4.69, 9.17) is 30.5 Å². The molecule has 37 heavy (non-hydrogen) atoms. The van der Waals surface area contributed by atoms with Crippen LogP contribution in [0.15, 0.2) is 70.5 Å². The number of nitrogens with one attached hydrogen (secondary N) is 2. The van der Waals surface area contributed by atoms with Crippen molar-refractivity contribution in [3.8, 4) is 40.1 Å². The van der Waals surface area contributed by atoms with Crippen molar-refractivity contribution in [2.24, 2.45) is 0 Å². The highest BCUT2D eigenvalue weighted by Gasteiger charge is 2.24. The maximum atomic E-state index is 13.4. The Morgan fingerprint density at radius 1 is 0.865 bits per heavy atom. The van der Waals surface area contributed by atoms with E-state index in [1.165, 1.54) is 51.8 Å². The van der Waals surface area contributed by atoms with Crippen molar-refractivity contribution in [2.75, 3.05) is 26.1 Å². The summed E-state index contributed by atoms with van der Waals surface area (Å²) in [6.07, 6.45) is 1.40. The number of aromatic amines is 1. The van der Waals surface area contributed by atoms with Crippen LogP contribution in [0.1, 0.15) is 0 Å². The number of halogens is 1. The van der Waals surface area contributed by atoms with Crippen molar-refractivity contribution >= 4 is 27.4 Å². The lowest BCUT2D eigenvalue weighted by molar-refractivity contribution is 0.354. The molecular weight excluding hydrogens is 524 g/mol. The first-order valence-electron chi connectivity index (χ1n) is 10.6. The topological polar surface area (TPSA) is 142 Å². The summed E-state index contributed by atoms with van der Waals surface area (Å²) in [6.45, 7) is 0. The first-order chi connectivity index (χ1) is 17.7. The fourth-order valence-corrected chi connectivity index (χ4v) is 4.51. The third-order valence-corrected chi connectivity index (χ3v) is 6.63. The molecule has 0 radical (unpaired) electrons. The molecule has 0 aliphatic rings. The second kappa shape index (κ2) is 10.8. The number of pyridine rings is 1. The summed E-state index contributed by atoms with van der Waals surface area (Å²) in [6, 6.07) is 13.6. The minimum Gasteiger partial charge on any atom is -0.493 e. The van der Waals surface area contributed by atoms with Crippen LogP contribution >= 0.6 is 11.6 Å². The fourth-order valence-electron chi connectivity index (χ4n) is 3.28. The second-order valence-corrected chi connectivity index (χ2v) is 9.37. The third-order valence-electron chi connectivity index (χ3n) is 5.03. The van der Waals surface area contributed by atoms with Gasteiger partial charge in [0.1, 0.15) is 0 Å². The Bertz CT molecular complexity index is 1610. The van der Waals surface area contributed by atoms with Gasteiger partial charge in [-0.15, -0.1) is 0 Å². The zero-order valence-electron chi connectivity index (χ0n) is 19.8. The molecule has 0 saturated heterocycles. The molecule has 0 unspecified atom stereocenters. The standard InChI is InChI=1S/C24H21ClN4O7S/c1-33-16-6-4-5-7-18(16)36-21-22(25)27-23(14-10-11-26-20(30)12-14)28-24(21)29-37(31,32)15-8-9-17(34-2)19(13-15)35-3/h4-13H,1-3H3,(H,26,30)(H,27,28,29). The Morgan fingerprint density at radius 2 is 1.54 bits per heavy atom. The number of ether oxygens (including phenoxy) is 4. The normalized spacial score (nSPS) is 11.0. The number of benzene rings is 2. The van der Waals surface area contributed by atoms with Gasteiger partial charge in [-0.1, -0.05) is 23.7 Å². The summed E-state index contributed by atoms with van der Waals surface area (Å²) >= 11 is 6.46. The van der Waals surface area contributed by atoms with Gasteiger partial charge in [-0.3, -0.25) is 9.52 Å². The summed E-state index contributed by atoms with van der Waals surface area (Å²) < 4.78 is 50.8. The fraction of sp³-hybridized carbons (Fsp3) is 0.125.